The predicted octanol–water partition coefficient (Wildman–Crippen LogP) is 4.12. The lowest BCUT2D eigenvalue weighted by atomic mass is 10.0. The summed E-state index contributed by atoms with van der Waals surface area (Å²) >= 11 is 5.87. The van der Waals surface area contributed by atoms with E-state index in [2.05, 4.69) is 18.3 Å². The summed E-state index contributed by atoms with van der Waals surface area (Å²) in [5, 5.41) is 14.4. The number of halogens is 1. The van der Waals surface area contributed by atoms with Crippen molar-refractivity contribution in [3.05, 3.63) is 64.7 Å². The Morgan fingerprint density at radius 1 is 1.14 bits per heavy atom. The molecule has 1 unspecified atom stereocenters. The highest BCUT2D eigenvalue weighted by molar-refractivity contribution is 6.30. The van der Waals surface area contributed by atoms with Gasteiger partial charge in [0.25, 0.3) is 0 Å². The van der Waals surface area contributed by atoms with Gasteiger partial charge < -0.3 is 15.2 Å². The van der Waals surface area contributed by atoms with Crippen LogP contribution >= 0.6 is 11.6 Å². The summed E-state index contributed by atoms with van der Waals surface area (Å²) in [5.41, 5.74) is 1.96. The number of methoxy groups -OCH3 is 1. The predicted molar refractivity (Wildman–Crippen MR) is 90.4 cm³/mol. The van der Waals surface area contributed by atoms with Crippen molar-refractivity contribution in [2.45, 2.75) is 25.5 Å². The molecule has 0 saturated heterocycles. The summed E-state index contributed by atoms with van der Waals surface area (Å²) in [5.74, 6) is 0.864. The van der Waals surface area contributed by atoms with E-state index in [4.69, 9.17) is 16.3 Å². The number of hydrogen-bond acceptors (Lipinski definition) is 3. The molecule has 2 aromatic rings. The average molecular weight is 320 g/mol. The first-order valence-corrected chi connectivity index (χ1v) is 7.83. The van der Waals surface area contributed by atoms with Crippen molar-refractivity contribution in [2.75, 3.05) is 13.7 Å². The molecule has 0 aromatic heterocycles. The molecule has 4 heteroatoms. The minimum absolute atomic E-state index is 0.137. The minimum atomic E-state index is -0.568. The normalized spacial score (nSPS) is 13.6. The fourth-order valence-electron chi connectivity index (χ4n) is 2.49. The molecule has 2 aromatic carbocycles. The second-order valence-electron chi connectivity index (χ2n) is 5.18. The van der Waals surface area contributed by atoms with E-state index in [0.717, 1.165) is 23.3 Å². The van der Waals surface area contributed by atoms with E-state index in [0.29, 0.717) is 11.6 Å². The van der Waals surface area contributed by atoms with E-state index >= 15 is 0 Å². The zero-order chi connectivity index (χ0) is 15.9. The Kier molecular flexibility index (Phi) is 6.25. The number of ether oxygens (including phenoxy) is 1. The van der Waals surface area contributed by atoms with Crippen molar-refractivity contribution in [3.63, 3.8) is 0 Å². The highest BCUT2D eigenvalue weighted by atomic mass is 35.5. The smallest absolute Gasteiger partial charge is 0.123 e. The molecule has 22 heavy (non-hydrogen) atoms. The zero-order valence-electron chi connectivity index (χ0n) is 12.9. The van der Waals surface area contributed by atoms with Crippen LogP contribution in [0.3, 0.4) is 0 Å². The van der Waals surface area contributed by atoms with Gasteiger partial charge in [0.15, 0.2) is 0 Å². The van der Waals surface area contributed by atoms with E-state index < -0.39 is 6.10 Å². The maximum Gasteiger partial charge on any atom is 0.123 e. The second-order valence-corrected chi connectivity index (χ2v) is 5.61. The van der Waals surface area contributed by atoms with E-state index in [1.165, 1.54) is 0 Å². The van der Waals surface area contributed by atoms with E-state index in [-0.39, 0.29) is 6.04 Å². The highest BCUT2D eigenvalue weighted by Gasteiger charge is 2.15. The van der Waals surface area contributed by atoms with Gasteiger partial charge in [0.1, 0.15) is 5.75 Å². The molecule has 0 fully saturated rings. The van der Waals surface area contributed by atoms with Crippen LogP contribution < -0.4 is 10.1 Å². The van der Waals surface area contributed by atoms with Crippen LogP contribution in [0.25, 0.3) is 0 Å². The van der Waals surface area contributed by atoms with Gasteiger partial charge in [-0.15, -0.1) is 0 Å². The molecule has 0 heterocycles. The summed E-state index contributed by atoms with van der Waals surface area (Å²) in [6.07, 6.45) is 0.342. The molecule has 0 aliphatic heterocycles. The van der Waals surface area contributed by atoms with Crippen LogP contribution in [0, 0.1) is 0 Å². The van der Waals surface area contributed by atoms with Crippen LogP contribution in [0.1, 0.15) is 36.6 Å². The van der Waals surface area contributed by atoms with Crippen LogP contribution in [0.15, 0.2) is 48.5 Å². The van der Waals surface area contributed by atoms with E-state index in [9.17, 15) is 5.11 Å². The number of nitrogens with one attached hydrogen (secondary N) is 1. The highest BCUT2D eigenvalue weighted by Crippen LogP contribution is 2.27. The standard InChI is InChI=1S/C18H22ClNO2/c1-3-16(15-6-4-5-7-18(15)22-2)20-12-17(21)13-8-10-14(19)11-9-13/h4-11,16-17,20-21H,3,12H2,1-2H3/t16?,17-/m0/s1. The molecule has 0 bridgehead atoms. The lowest BCUT2D eigenvalue weighted by Crippen LogP contribution is -2.26. The van der Waals surface area contributed by atoms with Crippen molar-refractivity contribution < 1.29 is 9.84 Å². The third kappa shape index (κ3) is 4.23. The largest absolute Gasteiger partial charge is 0.496 e. The number of hydrogen-bond donors (Lipinski definition) is 2. The van der Waals surface area contributed by atoms with Gasteiger partial charge >= 0.3 is 0 Å². The van der Waals surface area contributed by atoms with Crippen molar-refractivity contribution in [1.82, 2.24) is 5.32 Å². The van der Waals surface area contributed by atoms with Gasteiger partial charge in [0, 0.05) is 23.2 Å². The SMILES string of the molecule is CCC(NC[C@H](O)c1ccc(Cl)cc1)c1ccccc1OC. The quantitative estimate of drug-likeness (QED) is 0.806. The van der Waals surface area contributed by atoms with Crippen LogP contribution in [0.5, 0.6) is 5.75 Å². The van der Waals surface area contributed by atoms with Gasteiger partial charge in [-0.25, -0.2) is 0 Å². The molecule has 2 N–H and O–H groups in total. The Hall–Kier alpha value is -1.55. The number of rotatable bonds is 7. The van der Waals surface area contributed by atoms with Gasteiger partial charge in [0.2, 0.25) is 0 Å². The molecular weight excluding hydrogens is 298 g/mol. The first-order chi connectivity index (χ1) is 10.7. The van der Waals surface area contributed by atoms with Crippen LogP contribution in [0.2, 0.25) is 5.02 Å². The Bertz CT molecular complexity index is 586. The maximum atomic E-state index is 10.3. The van der Waals surface area contributed by atoms with Crippen molar-refractivity contribution in [2.24, 2.45) is 0 Å². The summed E-state index contributed by atoms with van der Waals surface area (Å²) < 4.78 is 5.42. The summed E-state index contributed by atoms with van der Waals surface area (Å²) in [4.78, 5) is 0. The van der Waals surface area contributed by atoms with Crippen LogP contribution in [-0.4, -0.2) is 18.8 Å². The molecule has 2 atom stereocenters. The van der Waals surface area contributed by atoms with Crippen molar-refractivity contribution >= 4 is 11.6 Å². The molecule has 0 radical (unpaired) electrons. The van der Waals surface area contributed by atoms with Gasteiger partial charge in [-0.2, -0.15) is 0 Å². The van der Waals surface area contributed by atoms with Crippen molar-refractivity contribution in [1.29, 1.82) is 0 Å². The van der Waals surface area contributed by atoms with Crippen molar-refractivity contribution in [3.8, 4) is 5.75 Å². The zero-order valence-corrected chi connectivity index (χ0v) is 13.7. The summed E-state index contributed by atoms with van der Waals surface area (Å²) in [6, 6.07) is 15.4. The summed E-state index contributed by atoms with van der Waals surface area (Å²) in [7, 11) is 1.67. The topological polar surface area (TPSA) is 41.5 Å². The number of benzene rings is 2. The molecule has 0 amide bonds. The molecule has 0 saturated carbocycles. The maximum absolute atomic E-state index is 10.3. The Morgan fingerprint density at radius 3 is 2.45 bits per heavy atom. The van der Waals surface area contributed by atoms with Gasteiger partial charge in [-0.1, -0.05) is 48.9 Å². The summed E-state index contributed by atoms with van der Waals surface area (Å²) in [6.45, 7) is 2.58. The third-order valence-electron chi connectivity index (χ3n) is 3.73. The first kappa shape index (κ1) is 16.8. The van der Waals surface area contributed by atoms with E-state index in [1.807, 2.05) is 30.3 Å². The molecule has 0 spiro atoms. The Labute approximate surface area is 136 Å². The third-order valence-corrected chi connectivity index (χ3v) is 3.99. The van der Waals surface area contributed by atoms with Gasteiger partial charge in [-0.05, 0) is 30.2 Å². The second kappa shape index (κ2) is 8.18. The minimum Gasteiger partial charge on any atom is -0.496 e. The molecule has 0 aliphatic rings. The molecular formula is C18H22ClNO2. The van der Waals surface area contributed by atoms with Crippen LogP contribution in [0.4, 0.5) is 0 Å². The monoisotopic (exact) mass is 319 g/mol. The van der Waals surface area contributed by atoms with E-state index in [1.54, 1.807) is 19.2 Å². The average Bonchev–Trinajstić information content (AvgIpc) is 2.56. The number of aliphatic hydroxyl groups excluding tert-OH is 1. The molecule has 118 valence electrons. The lowest BCUT2D eigenvalue weighted by Gasteiger charge is -2.22. The van der Waals surface area contributed by atoms with Gasteiger partial charge in [0.05, 0.1) is 13.2 Å². The molecule has 3 nitrogen and oxygen atoms in total. The molecule has 2 rings (SSSR count). The Balaban J connectivity index is 2.03. The fourth-order valence-corrected chi connectivity index (χ4v) is 2.61. The first-order valence-electron chi connectivity index (χ1n) is 7.45. The number of aliphatic hydroxyl groups is 1. The lowest BCUT2D eigenvalue weighted by molar-refractivity contribution is 0.169. The fraction of sp³-hybridized carbons (Fsp3) is 0.333. The van der Waals surface area contributed by atoms with Crippen LogP contribution in [-0.2, 0) is 0 Å². The molecule has 0 aliphatic carbocycles. The Morgan fingerprint density at radius 2 is 1.82 bits per heavy atom. The van der Waals surface area contributed by atoms with Gasteiger partial charge in [-0.3, -0.25) is 0 Å². The number of para-hydroxylation sites is 1.